The van der Waals surface area contributed by atoms with E-state index in [9.17, 15) is 9.59 Å². The van der Waals surface area contributed by atoms with E-state index in [-0.39, 0.29) is 12.0 Å². The number of hydrogen-bond acceptors (Lipinski definition) is 6. The lowest BCUT2D eigenvalue weighted by Crippen LogP contribution is -2.37. The van der Waals surface area contributed by atoms with Gasteiger partial charge in [-0.3, -0.25) is 4.79 Å². The first kappa shape index (κ1) is 23.7. The summed E-state index contributed by atoms with van der Waals surface area (Å²) in [4.78, 5) is 30.8. The first-order valence-electron chi connectivity index (χ1n) is 10.9. The van der Waals surface area contributed by atoms with E-state index in [0.29, 0.717) is 49.1 Å². The van der Waals surface area contributed by atoms with Gasteiger partial charge < -0.3 is 28.8 Å². The zero-order valence-electron chi connectivity index (χ0n) is 19.4. The minimum absolute atomic E-state index is 0.0210. The lowest BCUT2D eigenvalue weighted by Gasteiger charge is -2.27. The lowest BCUT2D eigenvalue weighted by molar-refractivity contribution is 0.0504. The van der Waals surface area contributed by atoms with E-state index in [1.165, 1.54) is 7.11 Å². The number of H-pyrrole nitrogens is 1. The fraction of sp³-hybridized carbons (Fsp3) is 0.500. The molecule has 8 nitrogen and oxygen atoms in total. The van der Waals surface area contributed by atoms with Crippen LogP contribution >= 0.6 is 0 Å². The highest BCUT2D eigenvalue weighted by molar-refractivity contribution is 5.97. The van der Waals surface area contributed by atoms with Crippen LogP contribution in [-0.2, 0) is 16.0 Å². The number of carbonyl (C=O) groups is 2. The molecule has 1 amide bonds. The Labute approximate surface area is 188 Å². The molecule has 3 rings (SSSR count). The van der Waals surface area contributed by atoms with Gasteiger partial charge >= 0.3 is 5.97 Å². The van der Waals surface area contributed by atoms with Crippen molar-refractivity contribution in [1.82, 2.24) is 9.88 Å². The van der Waals surface area contributed by atoms with E-state index >= 15 is 0 Å². The predicted molar refractivity (Wildman–Crippen MR) is 119 cm³/mol. The van der Waals surface area contributed by atoms with Gasteiger partial charge in [-0.05, 0) is 56.9 Å². The predicted octanol–water partition coefficient (Wildman–Crippen LogP) is 3.65. The highest BCUT2D eigenvalue weighted by Crippen LogP contribution is 2.28. The van der Waals surface area contributed by atoms with Crippen molar-refractivity contribution in [3.8, 4) is 11.5 Å². The third-order valence-electron chi connectivity index (χ3n) is 5.80. The van der Waals surface area contributed by atoms with Crippen molar-refractivity contribution in [3.63, 3.8) is 0 Å². The number of methoxy groups -OCH3 is 2. The van der Waals surface area contributed by atoms with Crippen molar-refractivity contribution >= 4 is 11.9 Å². The molecule has 0 spiro atoms. The summed E-state index contributed by atoms with van der Waals surface area (Å²) in [5.74, 6) is 0.493. The van der Waals surface area contributed by atoms with Gasteiger partial charge in [-0.25, -0.2) is 4.79 Å². The normalized spacial score (nSPS) is 15.5. The van der Waals surface area contributed by atoms with Gasteiger partial charge in [-0.15, -0.1) is 0 Å². The topological polar surface area (TPSA) is 90.1 Å². The molecule has 0 aliphatic carbocycles. The zero-order valence-corrected chi connectivity index (χ0v) is 19.4. The molecule has 0 bridgehead atoms. The molecular formula is C24H32N2O6. The Morgan fingerprint density at radius 2 is 2.00 bits per heavy atom. The van der Waals surface area contributed by atoms with Crippen molar-refractivity contribution in [2.45, 2.75) is 46.3 Å². The fourth-order valence-electron chi connectivity index (χ4n) is 4.02. The van der Waals surface area contributed by atoms with E-state index in [2.05, 4.69) is 4.98 Å². The number of esters is 1. The van der Waals surface area contributed by atoms with Gasteiger partial charge in [0.15, 0.2) is 0 Å². The molecule has 1 unspecified atom stereocenters. The van der Waals surface area contributed by atoms with Gasteiger partial charge in [0.05, 0.1) is 32.5 Å². The number of carbonyl (C=O) groups excluding carboxylic acids is 2. The lowest BCUT2D eigenvalue weighted by atomic mass is 10.1. The molecule has 1 aliphatic heterocycles. The van der Waals surface area contributed by atoms with E-state index in [4.69, 9.17) is 18.9 Å². The first-order valence-corrected chi connectivity index (χ1v) is 10.9. The second-order valence-electron chi connectivity index (χ2n) is 7.84. The Hall–Kier alpha value is -3.00. The quantitative estimate of drug-likeness (QED) is 0.594. The number of rotatable bonds is 9. The fourth-order valence-corrected chi connectivity index (χ4v) is 4.02. The zero-order chi connectivity index (χ0) is 23.3. The van der Waals surface area contributed by atoms with Crippen molar-refractivity contribution in [2.75, 3.05) is 34.0 Å². The summed E-state index contributed by atoms with van der Waals surface area (Å²) < 4.78 is 21.7. The minimum Gasteiger partial charge on any atom is -0.497 e. The number of amides is 1. The van der Waals surface area contributed by atoms with E-state index < -0.39 is 5.97 Å². The molecule has 1 atom stereocenters. The largest absolute Gasteiger partial charge is 0.497 e. The third-order valence-corrected chi connectivity index (χ3v) is 5.80. The molecule has 8 heteroatoms. The monoisotopic (exact) mass is 444 g/mol. The van der Waals surface area contributed by atoms with E-state index in [1.54, 1.807) is 37.1 Å². The number of hydrogen-bond donors (Lipinski definition) is 1. The molecule has 1 saturated heterocycles. The molecule has 2 heterocycles. The van der Waals surface area contributed by atoms with Crippen LogP contribution in [0.3, 0.4) is 0 Å². The van der Waals surface area contributed by atoms with Crippen LogP contribution in [0.25, 0.3) is 0 Å². The van der Waals surface area contributed by atoms with Crippen molar-refractivity contribution < 1.29 is 28.5 Å². The molecule has 1 fully saturated rings. The second-order valence-corrected chi connectivity index (χ2v) is 7.84. The summed E-state index contributed by atoms with van der Waals surface area (Å²) in [6.07, 6.45) is 1.86. The van der Waals surface area contributed by atoms with Crippen LogP contribution in [0.2, 0.25) is 0 Å². The van der Waals surface area contributed by atoms with E-state index in [0.717, 1.165) is 29.7 Å². The Bertz CT molecular complexity index is 962. The van der Waals surface area contributed by atoms with Gasteiger partial charge in [0.25, 0.3) is 5.91 Å². The molecule has 1 aliphatic rings. The van der Waals surface area contributed by atoms with Crippen LogP contribution < -0.4 is 9.47 Å². The number of aromatic amines is 1. The summed E-state index contributed by atoms with van der Waals surface area (Å²) in [5, 5.41) is 0. The molecule has 174 valence electrons. The summed E-state index contributed by atoms with van der Waals surface area (Å²) >= 11 is 0. The number of aromatic nitrogens is 1. The van der Waals surface area contributed by atoms with Crippen LogP contribution in [-0.4, -0.2) is 61.8 Å². The number of ether oxygens (including phenoxy) is 4. The highest BCUT2D eigenvalue weighted by Gasteiger charge is 2.28. The number of aryl methyl sites for hydroxylation is 1. The average molecular weight is 445 g/mol. The number of nitrogens with one attached hydrogen (secondary N) is 1. The van der Waals surface area contributed by atoms with Crippen LogP contribution in [0.4, 0.5) is 0 Å². The smallest absolute Gasteiger partial charge is 0.355 e. The Morgan fingerprint density at radius 1 is 1.22 bits per heavy atom. The van der Waals surface area contributed by atoms with Crippen molar-refractivity contribution in [3.05, 3.63) is 46.3 Å². The molecule has 1 aromatic carbocycles. The standard InChI is InChI=1S/C24H32N2O6/c1-6-31-24(28)22-15(2)20(16(3)25-22)14-26(13-18-8-7-11-32-18)23(27)19-10-9-17(29-4)12-21(19)30-5/h9-10,12,18,25H,6-8,11,13-14H2,1-5H3. The summed E-state index contributed by atoms with van der Waals surface area (Å²) in [7, 11) is 3.10. The van der Waals surface area contributed by atoms with Gasteiger partial charge in [-0.1, -0.05) is 0 Å². The van der Waals surface area contributed by atoms with Gasteiger partial charge in [0.2, 0.25) is 0 Å². The maximum absolute atomic E-state index is 13.6. The SMILES string of the molecule is CCOC(=O)c1[nH]c(C)c(CN(CC2CCCO2)C(=O)c2ccc(OC)cc2OC)c1C. The number of nitrogens with zero attached hydrogens (tertiary/aromatic N) is 1. The molecule has 32 heavy (non-hydrogen) atoms. The van der Waals surface area contributed by atoms with E-state index in [1.807, 2.05) is 13.8 Å². The summed E-state index contributed by atoms with van der Waals surface area (Å²) in [6, 6.07) is 5.15. The molecule has 1 aromatic heterocycles. The molecular weight excluding hydrogens is 412 g/mol. The maximum Gasteiger partial charge on any atom is 0.355 e. The average Bonchev–Trinajstić information content (AvgIpc) is 3.41. The Kier molecular flexibility index (Phi) is 7.80. The van der Waals surface area contributed by atoms with Crippen molar-refractivity contribution in [2.24, 2.45) is 0 Å². The number of benzene rings is 1. The van der Waals surface area contributed by atoms with Crippen LogP contribution in [0, 0.1) is 13.8 Å². The van der Waals surface area contributed by atoms with Gasteiger partial charge in [-0.2, -0.15) is 0 Å². The Balaban J connectivity index is 1.94. The minimum atomic E-state index is -0.395. The summed E-state index contributed by atoms with van der Waals surface area (Å²) in [6.45, 7) is 7.32. The first-order chi connectivity index (χ1) is 15.4. The molecule has 0 radical (unpaired) electrons. The van der Waals surface area contributed by atoms with Crippen LogP contribution in [0.5, 0.6) is 11.5 Å². The summed E-state index contributed by atoms with van der Waals surface area (Å²) in [5.41, 5.74) is 3.38. The van der Waals surface area contributed by atoms with Crippen LogP contribution in [0.15, 0.2) is 18.2 Å². The Morgan fingerprint density at radius 3 is 2.62 bits per heavy atom. The molecule has 2 aromatic rings. The van der Waals surface area contributed by atoms with Gasteiger partial charge in [0.1, 0.15) is 17.2 Å². The third kappa shape index (κ3) is 5.07. The highest BCUT2D eigenvalue weighted by atomic mass is 16.5. The molecule has 0 saturated carbocycles. The second kappa shape index (κ2) is 10.5. The van der Waals surface area contributed by atoms with Gasteiger partial charge in [0, 0.05) is 31.5 Å². The van der Waals surface area contributed by atoms with Crippen molar-refractivity contribution in [1.29, 1.82) is 0 Å². The molecule has 1 N–H and O–H groups in total. The van der Waals surface area contributed by atoms with Crippen LogP contribution in [0.1, 0.15) is 57.4 Å². The maximum atomic E-state index is 13.6.